The SMILES string of the molecule is Cc1cc(C)c(C(c2ccc(C=O)[nH]2)c2ccc(C=O)[nH]2)c(C)c1. The summed E-state index contributed by atoms with van der Waals surface area (Å²) < 4.78 is 0. The van der Waals surface area contributed by atoms with Crippen molar-refractivity contribution in [3.63, 3.8) is 0 Å². The Morgan fingerprint density at radius 3 is 1.62 bits per heavy atom. The fourth-order valence-corrected chi connectivity index (χ4v) is 3.46. The van der Waals surface area contributed by atoms with E-state index in [2.05, 4.69) is 42.9 Å². The van der Waals surface area contributed by atoms with Gasteiger partial charge in [-0.3, -0.25) is 9.59 Å². The van der Waals surface area contributed by atoms with Gasteiger partial charge >= 0.3 is 0 Å². The van der Waals surface area contributed by atoms with Crippen molar-refractivity contribution >= 4 is 12.6 Å². The van der Waals surface area contributed by atoms with Crippen LogP contribution in [0.25, 0.3) is 0 Å². The smallest absolute Gasteiger partial charge is 0.166 e. The van der Waals surface area contributed by atoms with Crippen molar-refractivity contribution in [1.29, 1.82) is 0 Å². The molecule has 4 nitrogen and oxygen atoms in total. The Hall–Kier alpha value is -2.88. The van der Waals surface area contributed by atoms with Crippen LogP contribution in [0.4, 0.5) is 0 Å². The predicted molar refractivity (Wildman–Crippen MR) is 94.0 cm³/mol. The molecule has 24 heavy (non-hydrogen) atoms. The number of carbonyl (C=O) groups is 2. The molecule has 0 aliphatic heterocycles. The van der Waals surface area contributed by atoms with Crippen LogP contribution < -0.4 is 0 Å². The van der Waals surface area contributed by atoms with Crippen LogP contribution in [0.3, 0.4) is 0 Å². The second-order valence-electron chi connectivity index (χ2n) is 6.22. The van der Waals surface area contributed by atoms with E-state index >= 15 is 0 Å². The number of aromatic amines is 2. The van der Waals surface area contributed by atoms with Gasteiger partial charge in [0.15, 0.2) is 12.6 Å². The average molecular weight is 320 g/mol. The first-order chi connectivity index (χ1) is 11.5. The molecule has 4 heteroatoms. The van der Waals surface area contributed by atoms with E-state index in [-0.39, 0.29) is 5.92 Å². The first-order valence-electron chi connectivity index (χ1n) is 7.89. The van der Waals surface area contributed by atoms with Gasteiger partial charge in [0.05, 0.1) is 17.3 Å². The maximum atomic E-state index is 11.1. The Labute approximate surface area is 140 Å². The third-order valence-electron chi connectivity index (χ3n) is 4.36. The van der Waals surface area contributed by atoms with Gasteiger partial charge in [0, 0.05) is 11.4 Å². The number of nitrogens with one attached hydrogen (secondary N) is 2. The van der Waals surface area contributed by atoms with E-state index in [4.69, 9.17) is 0 Å². The summed E-state index contributed by atoms with van der Waals surface area (Å²) in [6, 6.07) is 11.7. The lowest BCUT2D eigenvalue weighted by Crippen LogP contribution is -2.09. The summed E-state index contributed by atoms with van der Waals surface area (Å²) >= 11 is 0. The summed E-state index contributed by atoms with van der Waals surface area (Å²) in [4.78, 5) is 28.5. The molecule has 0 atom stereocenters. The number of aryl methyl sites for hydroxylation is 3. The van der Waals surface area contributed by atoms with E-state index in [1.807, 2.05) is 12.1 Å². The number of benzene rings is 1. The molecule has 0 fully saturated rings. The second kappa shape index (κ2) is 6.32. The highest BCUT2D eigenvalue weighted by Gasteiger charge is 2.23. The van der Waals surface area contributed by atoms with Crippen LogP contribution in [0.2, 0.25) is 0 Å². The van der Waals surface area contributed by atoms with Gasteiger partial charge in [0.25, 0.3) is 0 Å². The monoisotopic (exact) mass is 320 g/mol. The fraction of sp³-hybridized carbons (Fsp3) is 0.200. The normalized spacial score (nSPS) is 11.0. The number of H-pyrrole nitrogens is 2. The number of carbonyl (C=O) groups excluding carboxylic acids is 2. The number of rotatable bonds is 5. The first kappa shape index (κ1) is 16.0. The Morgan fingerprint density at radius 1 is 0.792 bits per heavy atom. The summed E-state index contributed by atoms with van der Waals surface area (Å²) in [6.45, 7) is 6.27. The summed E-state index contributed by atoms with van der Waals surface area (Å²) in [6.07, 6.45) is 1.61. The quantitative estimate of drug-likeness (QED) is 0.696. The van der Waals surface area contributed by atoms with Crippen LogP contribution in [0.5, 0.6) is 0 Å². The van der Waals surface area contributed by atoms with Gasteiger partial charge in [-0.25, -0.2) is 0 Å². The number of hydrogen-bond acceptors (Lipinski definition) is 2. The van der Waals surface area contributed by atoms with Crippen LogP contribution in [0.15, 0.2) is 36.4 Å². The molecule has 0 radical (unpaired) electrons. The van der Waals surface area contributed by atoms with Gasteiger partial charge in [-0.05, 0) is 61.7 Å². The lowest BCUT2D eigenvalue weighted by atomic mass is 9.85. The molecule has 3 rings (SSSR count). The minimum atomic E-state index is -0.0898. The molecule has 2 heterocycles. The largest absolute Gasteiger partial charge is 0.355 e. The summed E-state index contributed by atoms with van der Waals surface area (Å²) in [7, 11) is 0. The zero-order valence-electron chi connectivity index (χ0n) is 14.0. The molecule has 0 aliphatic rings. The van der Waals surface area contributed by atoms with Gasteiger partial charge in [-0.2, -0.15) is 0 Å². The third-order valence-corrected chi connectivity index (χ3v) is 4.36. The van der Waals surface area contributed by atoms with Crippen molar-refractivity contribution in [2.45, 2.75) is 26.7 Å². The van der Waals surface area contributed by atoms with Crippen LogP contribution in [-0.4, -0.2) is 22.5 Å². The van der Waals surface area contributed by atoms with Crippen molar-refractivity contribution in [2.75, 3.05) is 0 Å². The molecule has 0 saturated heterocycles. The second-order valence-corrected chi connectivity index (χ2v) is 6.22. The first-order valence-corrected chi connectivity index (χ1v) is 7.89. The van der Waals surface area contributed by atoms with Crippen LogP contribution in [0.1, 0.15) is 60.5 Å². The molecule has 0 saturated carbocycles. The van der Waals surface area contributed by atoms with Gasteiger partial charge in [0.1, 0.15) is 0 Å². The number of hydrogen-bond donors (Lipinski definition) is 2. The summed E-state index contributed by atoms with van der Waals surface area (Å²) in [5, 5.41) is 0. The lowest BCUT2D eigenvalue weighted by molar-refractivity contribution is 0.111. The Kier molecular flexibility index (Phi) is 4.21. The molecule has 2 aromatic heterocycles. The molecule has 0 bridgehead atoms. The van der Waals surface area contributed by atoms with Crippen molar-refractivity contribution in [3.8, 4) is 0 Å². The Balaban J connectivity index is 2.22. The van der Waals surface area contributed by atoms with E-state index in [1.165, 1.54) is 22.3 Å². The highest BCUT2D eigenvalue weighted by Crippen LogP contribution is 2.35. The van der Waals surface area contributed by atoms with Crippen LogP contribution in [-0.2, 0) is 0 Å². The van der Waals surface area contributed by atoms with Gasteiger partial charge in [-0.1, -0.05) is 17.7 Å². The zero-order chi connectivity index (χ0) is 17.3. The Bertz CT molecular complexity index is 833. The molecule has 2 N–H and O–H groups in total. The minimum absolute atomic E-state index is 0.0898. The maximum Gasteiger partial charge on any atom is 0.166 e. The lowest BCUT2D eigenvalue weighted by Gasteiger charge is -2.21. The summed E-state index contributed by atoms with van der Waals surface area (Å²) in [5.74, 6) is -0.0898. The van der Waals surface area contributed by atoms with Crippen molar-refractivity contribution in [3.05, 3.63) is 81.4 Å². The standard InChI is InChI=1S/C20H20N2O2/c1-12-8-13(2)19(14(3)9-12)20(17-6-4-15(10-23)21-17)18-7-5-16(11-24)22-18/h4-11,20-22H,1-3H3. The molecule has 0 unspecified atom stereocenters. The average Bonchev–Trinajstić information content (AvgIpc) is 3.19. The fourth-order valence-electron chi connectivity index (χ4n) is 3.46. The third kappa shape index (κ3) is 2.83. The highest BCUT2D eigenvalue weighted by molar-refractivity contribution is 5.73. The molecule has 0 spiro atoms. The number of aldehydes is 2. The van der Waals surface area contributed by atoms with E-state index in [0.717, 1.165) is 24.0 Å². The molecule has 0 aliphatic carbocycles. The maximum absolute atomic E-state index is 11.1. The zero-order valence-corrected chi connectivity index (χ0v) is 14.0. The van der Waals surface area contributed by atoms with Gasteiger partial charge < -0.3 is 9.97 Å². The molecule has 0 amide bonds. The molecule has 122 valence electrons. The Morgan fingerprint density at radius 2 is 1.25 bits per heavy atom. The van der Waals surface area contributed by atoms with E-state index < -0.39 is 0 Å². The number of aromatic nitrogens is 2. The molecule has 1 aromatic carbocycles. The topological polar surface area (TPSA) is 65.7 Å². The van der Waals surface area contributed by atoms with Crippen molar-refractivity contribution in [1.82, 2.24) is 9.97 Å². The predicted octanol–water partition coefficient (Wildman–Crippen LogP) is 4.07. The molecular weight excluding hydrogens is 300 g/mol. The van der Waals surface area contributed by atoms with E-state index in [9.17, 15) is 9.59 Å². The van der Waals surface area contributed by atoms with Crippen molar-refractivity contribution in [2.24, 2.45) is 0 Å². The van der Waals surface area contributed by atoms with Gasteiger partial charge in [0.2, 0.25) is 0 Å². The van der Waals surface area contributed by atoms with Crippen LogP contribution >= 0.6 is 0 Å². The van der Waals surface area contributed by atoms with E-state index in [1.54, 1.807) is 12.1 Å². The molecular formula is C20H20N2O2. The highest BCUT2D eigenvalue weighted by atomic mass is 16.1. The van der Waals surface area contributed by atoms with Crippen molar-refractivity contribution < 1.29 is 9.59 Å². The molecule has 3 aromatic rings. The summed E-state index contributed by atoms with van der Waals surface area (Å²) in [5.41, 5.74) is 7.69. The van der Waals surface area contributed by atoms with E-state index in [0.29, 0.717) is 11.4 Å². The van der Waals surface area contributed by atoms with Crippen LogP contribution in [0, 0.1) is 20.8 Å². The van der Waals surface area contributed by atoms with Gasteiger partial charge in [-0.15, -0.1) is 0 Å². The minimum Gasteiger partial charge on any atom is -0.355 e.